The standard InChI is InChI=1S/C19H20BrNO4/c1-3-11-24-17-10-5-13(20)12-16(17)19(23)25-15-8-6-14(7-9-15)21-18(22)4-2/h5-10,12H,3-4,11H2,1-2H3,(H,21,22). The molecule has 1 amide bonds. The van der Waals surface area contributed by atoms with Crippen molar-refractivity contribution < 1.29 is 19.1 Å². The van der Waals surface area contributed by atoms with E-state index in [-0.39, 0.29) is 5.91 Å². The predicted octanol–water partition coefficient (Wildman–Crippen LogP) is 4.81. The highest BCUT2D eigenvalue weighted by atomic mass is 79.9. The lowest BCUT2D eigenvalue weighted by molar-refractivity contribution is -0.115. The van der Waals surface area contributed by atoms with Gasteiger partial charge in [0.2, 0.25) is 5.91 Å². The van der Waals surface area contributed by atoms with Crippen LogP contribution in [0.3, 0.4) is 0 Å². The van der Waals surface area contributed by atoms with Gasteiger partial charge in [0, 0.05) is 16.6 Å². The lowest BCUT2D eigenvalue weighted by atomic mass is 10.2. The van der Waals surface area contributed by atoms with Gasteiger partial charge in [-0.25, -0.2) is 4.79 Å². The average molecular weight is 406 g/mol. The molecule has 0 bridgehead atoms. The van der Waals surface area contributed by atoms with Crippen LogP contribution in [-0.2, 0) is 4.79 Å². The van der Waals surface area contributed by atoms with E-state index in [4.69, 9.17) is 9.47 Å². The second-order valence-electron chi connectivity index (χ2n) is 5.30. The Morgan fingerprint density at radius 1 is 1.08 bits per heavy atom. The van der Waals surface area contributed by atoms with Crippen LogP contribution in [0.15, 0.2) is 46.9 Å². The van der Waals surface area contributed by atoms with Gasteiger partial charge in [0.1, 0.15) is 17.1 Å². The maximum absolute atomic E-state index is 12.5. The first-order valence-corrected chi connectivity index (χ1v) is 8.87. The molecule has 0 aliphatic carbocycles. The van der Waals surface area contributed by atoms with Crippen molar-refractivity contribution in [3.05, 3.63) is 52.5 Å². The number of carbonyl (C=O) groups is 2. The van der Waals surface area contributed by atoms with Crippen molar-refractivity contribution in [2.24, 2.45) is 0 Å². The van der Waals surface area contributed by atoms with E-state index in [0.717, 1.165) is 10.9 Å². The van der Waals surface area contributed by atoms with Crippen LogP contribution in [-0.4, -0.2) is 18.5 Å². The Labute approximate surface area is 155 Å². The molecular weight excluding hydrogens is 386 g/mol. The summed E-state index contributed by atoms with van der Waals surface area (Å²) in [5.74, 6) is 0.303. The fourth-order valence-electron chi connectivity index (χ4n) is 2.02. The Morgan fingerprint density at radius 2 is 1.80 bits per heavy atom. The molecule has 0 radical (unpaired) electrons. The minimum absolute atomic E-state index is 0.0726. The first kappa shape index (κ1) is 19.0. The van der Waals surface area contributed by atoms with E-state index in [9.17, 15) is 9.59 Å². The van der Waals surface area contributed by atoms with Crippen LogP contribution < -0.4 is 14.8 Å². The van der Waals surface area contributed by atoms with Crippen LogP contribution >= 0.6 is 15.9 Å². The molecular formula is C19H20BrNO4. The molecule has 0 heterocycles. The molecule has 5 nitrogen and oxygen atoms in total. The van der Waals surface area contributed by atoms with Crippen molar-refractivity contribution in [1.29, 1.82) is 0 Å². The zero-order chi connectivity index (χ0) is 18.2. The summed E-state index contributed by atoms with van der Waals surface area (Å²) < 4.78 is 11.8. The molecule has 0 spiro atoms. The lowest BCUT2D eigenvalue weighted by Gasteiger charge is -2.11. The van der Waals surface area contributed by atoms with E-state index < -0.39 is 5.97 Å². The predicted molar refractivity (Wildman–Crippen MR) is 100 cm³/mol. The molecule has 0 aromatic heterocycles. The summed E-state index contributed by atoms with van der Waals surface area (Å²) in [7, 11) is 0. The summed E-state index contributed by atoms with van der Waals surface area (Å²) in [5.41, 5.74) is 1.01. The largest absolute Gasteiger partial charge is 0.493 e. The lowest BCUT2D eigenvalue weighted by Crippen LogP contribution is -2.12. The zero-order valence-corrected chi connectivity index (χ0v) is 15.8. The van der Waals surface area contributed by atoms with Crippen molar-refractivity contribution in [2.75, 3.05) is 11.9 Å². The molecule has 2 aromatic rings. The Morgan fingerprint density at radius 3 is 2.44 bits per heavy atom. The van der Waals surface area contributed by atoms with Crippen LogP contribution in [0, 0.1) is 0 Å². The van der Waals surface area contributed by atoms with Gasteiger partial charge in [-0.1, -0.05) is 29.8 Å². The Kier molecular flexibility index (Phi) is 7.01. The summed E-state index contributed by atoms with van der Waals surface area (Å²) in [6.45, 7) is 4.30. The number of esters is 1. The van der Waals surface area contributed by atoms with E-state index in [1.54, 1.807) is 43.3 Å². The quantitative estimate of drug-likeness (QED) is 0.530. The summed E-state index contributed by atoms with van der Waals surface area (Å²) in [5, 5.41) is 2.74. The number of carbonyl (C=O) groups excluding carboxylic acids is 2. The van der Waals surface area contributed by atoms with Crippen molar-refractivity contribution >= 4 is 33.5 Å². The molecule has 0 unspecified atom stereocenters. The number of halogens is 1. The van der Waals surface area contributed by atoms with Gasteiger partial charge in [-0.05, 0) is 48.9 Å². The molecule has 0 saturated heterocycles. The third kappa shape index (κ3) is 5.60. The second-order valence-corrected chi connectivity index (χ2v) is 6.22. The van der Waals surface area contributed by atoms with Gasteiger partial charge in [-0.3, -0.25) is 4.79 Å². The zero-order valence-electron chi connectivity index (χ0n) is 14.2. The van der Waals surface area contributed by atoms with E-state index in [0.29, 0.717) is 35.8 Å². The van der Waals surface area contributed by atoms with Gasteiger partial charge in [0.25, 0.3) is 0 Å². The molecule has 132 valence electrons. The first-order valence-electron chi connectivity index (χ1n) is 8.08. The van der Waals surface area contributed by atoms with Crippen LogP contribution in [0.25, 0.3) is 0 Å². The second kappa shape index (κ2) is 9.22. The molecule has 0 aliphatic rings. The van der Waals surface area contributed by atoms with Gasteiger partial charge < -0.3 is 14.8 Å². The maximum atomic E-state index is 12.5. The monoisotopic (exact) mass is 405 g/mol. The van der Waals surface area contributed by atoms with Crippen LogP contribution in [0.4, 0.5) is 5.69 Å². The molecule has 25 heavy (non-hydrogen) atoms. The molecule has 1 N–H and O–H groups in total. The number of hydrogen-bond donors (Lipinski definition) is 1. The van der Waals surface area contributed by atoms with E-state index in [1.807, 2.05) is 13.0 Å². The molecule has 2 rings (SSSR count). The van der Waals surface area contributed by atoms with E-state index in [1.165, 1.54) is 0 Å². The fourth-order valence-corrected chi connectivity index (χ4v) is 2.38. The smallest absolute Gasteiger partial charge is 0.347 e. The fraction of sp³-hybridized carbons (Fsp3) is 0.263. The minimum atomic E-state index is -0.502. The summed E-state index contributed by atoms with van der Waals surface area (Å²) in [4.78, 5) is 23.8. The topological polar surface area (TPSA) is 64.6 Å². The molecule has 0 aliphatic heterocycles. The highest BCUT2D eigenvalue weighted by Crippen LogP contribution is 2.25. The van der Waals surface area contributed by atoms with Crippen molar-refractivity contribution in [2.45, 2.75) is 26.7 Å². The number of nitrogens with one attached hydrogen (secondary N) is 1. The van der Waals surface area contributed by atoms with E-state index >= 15 is 0 Å². The SMILES string of the molecule is CCCOc1ccc(Br)cc1C(=O)Oc1ccc(NC(=O)CC)cc1. The number of hydrogen-bond acceptors (Lipinski definition) is 4. The molecule has 0 atom stereocenters. The molecule has 2 aromatic carbocycles. The number of rotatable bonds is 7. The van der Waals surface area contributed by atoms with E-state index in [2.05, 4.69) is 21.2 Å². The first-order chi connectivity index (χ1) is 12.0. The van der Waals surface area contributed by atoms with Crippen molar-refractivity contribution in [3.63, 3.8) is 0 Å². The van der Waals surface area contributed by atoms with Crippen molar-refractivity contribution in [3.8, 4) is 11.5 Å². The van der Waals surface area contributed by atoms with Crippen LogP contribution in [0.2, 0.25) is 0 Å². The number of anilines is 1. The van der Waals surface area contributed by atoms with Crippen LogP contribution in [0.1, 0.15) is 37.0 Å². The van der Waals surface area contributed by atoms with Gasteiger partial charge in [0.15, 0.2) is 0 Å². The van der Waals surface area contributed by atoms with Crippen molar-refractivity contribution in [1.82, 2.24) is 0 Å². The third-order valence-corrected chi connectivity index (χ3v) is 3.79. The minimum Gasteiger partial charge on any atom is -0.493 e. The Bertz CT molecular complexity index is 744. The highest BCUT2D eigenvalue weighted by molar-refractivity contribution is 9.10. The summed E-state index contributed by atoms with van der Waals surface area (Å²) in [6, 6.07) is 11.9. The number of amides is 1. The summed E-state index contributed by atoms with van der Waals surface area (Å²) in [6.07, 6.45) is 1.25. The molecule has 0 fully saturated rings. The van der Waals surface area contributed by atoms with Crippen LogP contribution in [0.5, 0.6) is 11.5 Å². The molecule has 6 heteroatoms. The molecule has 0 saturated carbocycles. The summed E-state index contributed by atoms with van der Waals surface area (Å²) >= 11 is 3.35. The van der Waals surface area contributed by atoms with Gasteiger partial charge >= 0.3 is 5.97 Å². The number of ether oxygens (including phenoxy) is 2. The Balaban J connectivity index is 2.11. The maximum Gasteiger partial charge on any atom is 0.347 e. The highest BCUT2D eigenvalue weighted by Gasteiger charge is 2.16. The normalized spacial score (nSPS) is 10.2. The van der Waals surface area contributed by atoms with Gasteiger partial charge in [-0.15, -0.1) is 0 Å². The third-order valence-electron chi connectivity index (χ3n) is 3.29. The van der Waals surface area contributed by atoms with Gasteiger partial charge in [-0.2, -0.15) is 0 Å². The average Bonchev–Trinajstić information content (AvgIpc) is 2.62. The van der Waals surface area contributed by atoms with Gasteiger partial charge in [0.05, 0.1) is 6.61 Å². The number of benzene rings is 2. The Hall–Kier alpha value is -2.34.